The predicted octanol–water partition coefficient (Wildman–Crippen LogP) is 3.09. The first kappa shape index (κ1) is 17.9. The van der Waals surface area contributed by atoms with Gasteiger partial charge in [-0.15, -0.1) is 0 Å². The van der Waals surface area contributed by atoms with Gasteiger partial charge in [-0.05, 0) is 60.9 Å². The molecule has 0 spiro atoms. The molecule has 142 valence electrons. The molecule has 2 aromatic rings. The number of amides is 4. The number of carbonyl (C=O) groups is 3. The molecule has 2 heterocycles. The van der Waals surface area contributed by atoms with Gasteiger partial charge in [-0.25, -0.2) is 14.1 Å². The van der Waals surface area contributed by atoms with Crippen LogP contribution in [0.5, 0.6) is 0 Å². The van der Waals surface area contributed by atoms with Gasteiger partial charge in [-0.2, -0.15) is 0 Å². The SMILES string of the molecule is O=C1NC(=O)N(c2ccc(F)cc2)C(=O)/C1=C/c1ccc(N2CCCC2)cc1. The lowest BCUT2D eigenvalue weighted by Gasteiger charge is -2.26. The number of nitrogens with zero attached hydrogens (tertiary/aromatic N) is 2. The molecule has 2 fully saturated rings. The molecular weight excluding hydrogens is 361 g/mol. The van der Waals surface area contributed by atoms with Gasteiger partial charge >= 0.3 is 6.03 Å². The van der Waals surface area contributed by atoms with Crippen molar-refractivity contribution in [1.29, 1.82) is 0 Å². The van der Waals surface area contributed by atoms with Gasteiger partial charge in [0.1, 0.15) is 11.4 Å². The molecule has 0 aliphatic carbocycles. The van der Waals surface area contributed by atoms with Gasteiger partial charge in [0.2, 0.25) is 0 Å². The molecule has 0 aromatic heterocycles. The maximum atomic E-state index is 13.1. The Balaban J connectivity index is 1.62. The van der Waals surface area contributed by atoms with Gasteiger partial charge in [0.05, 0.1) is 5.69 Å². The molecule has 0 bridgehead atoms. The van der Waals surface area contributed by atoms with Crippen LogP contribution in [0.15, 0.2) is 54.1 Å². The van der Waals surface area contributed by atoms with Gasteiger partial charge in [0.25, 0.3) is 11.8 Å². The minimum absolute atomic E-state index is 0.155. The number of anilines is 2. The van der Waals surface area contributed by atoms with E-state index in [1.54, 1.807) is 0 Å². The molecule has 2 saturated heterocycles. The van der Waals surface area contributed by atoms with E-state index >= 15 is 0 Å². The number of carbonyl (C=O) groups excluding carboxylic acids is 3. The largest absolute Gasteiger partial charge is 0.372 e. The molecule has 0 unspecified atom stereocenters. The number of rotatable bonds is 3. The molecule has 7 heteroatoms. The van der Waals surface area contributed by atoms with Crippen molar-refractivity contribution in [2.24, 2.45) is 0 Å². The van der Waals surface area contributed by atoms with Crippen molar-refractivity contribution in [3.05, 3.63) is 65.5 Å². The zero-order valence-electron chi connectivity index (χ0n) is 15.0. The van der Waals surface area contributed by atoms with Crippen molar-refractivity contribution in [2.45, 2.75) is 12.8 Å². The Hall–Kier alpha value is -3.48. The lowest BCUT2D eigenvalue weighted by molar-refractivity contribution is -0.122. The Labute approximate surface area is 161 Å². The van der Waals surface area contributed by atoms with E-state index in [1.807, 2.05) is 24.3 Å². The van der Waals surface area contributed by atoms with Crippen LogP contribution in [0, 0.1) is 5.82 Å². The highest BCUT2D eigenvalue weighted by atomic mass is 19.1. The summed E-state index contributed by atoms with van der Waals surface area (Å²) in [6, 6.07) is 11.6. The average Bonchev–Trinajstić information content (AvgIpc) is 3.22. The van der Waals surface area contributed by atoms with E-state index in [4.69, 9.17) is 0 Å². The number of imide groups is 2. The van der Waals surface area contributed by atoms with Gasteiger partial charge < -0.3 is 4.90 Å². The van der Waals surface area contributed by atoms with Crippen LogP contribution in [-0.2, 0) is 9.59 Å². The molecular formula is C21H18FN3O3. The summed E-state index contributed by atoms with van der Waals surface area (Å²) < 4.78 is 13.1. The topological polar surface area (TPSA) is 69.7 Å². The van der Waals surface area contributed by atoms with Gasteiger partial charge in [-0.1, -0.05) is 12.1 Å². The minimum Gasteiger partial charge on any atom is -0.372 e. The van der Waals surface area contributed by atoms with E-state index in [-0.39, 0.29) is 11.3 Å². The third-order valence-corrected chi connectivity index (χ3v) is 4.86. The molecule has 2 aliphatic rings. The Bertz CT molecular complexity index is 961. The van der Waals surface area contributed by atoms with Crippen molar-refractivity contribution in [3.8, 4) is 0 Å². The predicted molar refractivity (Wildman–Crippen MR) is 103 cm³/mol. The van der Waals surface area contributed by atoms with Crippen LogP contribution in [0.25, 0.3) is 6.08 Å². The molecule has 28 heavy (non-hydrogen) atoms. The zero-order valence-corrected chi connectivity index (χ0v) is 15.0. The van der Waals surface area contributed by atoms with E-state index in [0.29, 0.717) is 5.56 Å². The van der Waals surface area contributed by atoms with Crippen LogP contribution in [0.3, 0.4) is 0 Å². The van der Waals surface area contributed by atoms with Crippen LogP contribution < -0.4 is 15.1 Å². The maximum Gasteiger partial charge on any atom is 0.335 e. The summed E-state index contributed by atoms with van der Waals surface area (Å²) in [6.45, 7) is 2.05. The second kappa shape index (κ2) is 7.26. The smallest absolute Gasteiger partial charge is 0.335 e. The second-order valence-corrected chi connectivity index (χ2v) is 6.72. The van der Waals surface area contributed by atoms with Crippen molar-refractivity contribution in [1.82, 2.24) is 5.32 Å². The fraction of sp³-hybridized carbons (Fsp3) is 0.190. The number of halogens is 1. The molecule has 0 radical (unpaired) electrons. The first-order valence-corrected chi connectivity index (χ1v) is 9.05. The summed E-state index contributed by atoms with van der Waals surface area (Å²) >= 11 is 0. The molecule has 2 aliphatic heterocycles. The molecule has 1 N–H and O–H groups in total. The standard InChI is InChI=1S/C21H18FN3O3/c22-15-5-9-17(10-6-15)25-20(27)18(19(26)23-21(25)28)13-14-3-7-16(8-4-14)24-11-1-2-12-24/h3-10,13H,1-2,11-12H2,(H,23,26,28)/b18-13+. The summed E-state index contributed by atoms with van der Waals surface area (Å²) in [5.74, 6) is -1.99. The summed E-state index contributed by atoms with van der Waals surface area (Å²) in [6.07, 6.45) is 3.80. The van der Waals surface area contributed by atoms with Crippen molar-refractivity contribution in [3.63, 3.8) is 0 Å². The van der Waals surface area contributed by atoms with Crippen LogP contribution in [0.1, 0.15) is 18.4 Å². The minimum atomic E-state index is -0.858. The summed E-state index contributed by atoms with van der Waals surface area (Å²) in [7, 11) is 0. The first-order chi connectivity index (χ1) is 13.5. The third-order valence-electron chi connectivity index (χ3n) is 4.86. The summed E-state index contributed by atoms with van der Waals surface area (Å²) in [5.41, 5.74) is 1.81. The number of hydrogen-bond donors (Lipinski definition) is 1. The molecule has 6 nitrogen and oxygen atoms in total. The van der Waals surface area contributed by atoms with Crippen molar-refractivity contribution >= 4 is 35.3 Å². The van der Waals surface area contributed by atoms with Crippen LogP contribution in [0.4, 0.5) is 20.6 Å². The first-order valence-electron chi connectivity index (χ1n) is 9.05. The van der Waals surface area contributed by atoms with Gasteiger partial charge in [0, 0.05) is 18.8 Å². The highest BCUT2D eigenvalue weighted by Gasteiger charge is 2.36. The fourth-order valence-corrected chi connectivity index (χ4v) is 3.41. The van der Waals surface area contributed by atoms with E-state index in [2.05, 4.69) is 10.2 Å². The van der Waals surface area contributed by atoms with Crippen molar-refractivity contribution < 1.29 is 18.8 Å². The molecule has 4 amide bonds. The quantitative estimate of drug-likeness (QED) is 0.657. The molecule has 2 aromatic carbocycles. The van der Waals surface area contributed by atoms with Gasteiger partial charge in [-0.3, -0.25) is 14.9 Å². The van der Waals surface area contributed by atoms with Crippen LogP contribution in [0.2, 0.25) is 0 Å². The normalized spacial score (nSPS) is 18.8. The Morgan fingerprint density at radius 1 is 0.857 bits per heavy atom. The Morgan fingerprint density at radius 2 is 1.46 bits per heavy atom. The highest BCUT2D eigenvalue weighted by molar-refractivity contribution is 6.39. The second-order valence-electron chi connectivity index (χ2n) is 6.72. The number of nitrogens with one attached hydrogen (secondary N) is 1. The summed E-state index contributed by atoms with van der Waals surface area (Å²) in [4.78, 5) is 40.2. The highest BCUT2D eigenvalue weighted by Crippen LogP contribution is 2.24. The van der Waals surface area contributed by atoms with E-state index in [1.165, 1.54) is 31.1 Å². The van der Waals surface area contributed by atoms with Crippen LogP contribution >= 0.6 is 0 Å². The van der Waals surface area contributed by atoms with E-state index in [0.717, 1.165) is 35.8 Å². The van der Waals surface area contributed by atoms with E-state index < -0.39 is 23.7 Å². The van der Waals surface area contributed by atoms with E-state index in [9.17, 15) is 18.8 Å². The fourth-order valence-electron chi connectivity index (χ4n) is 3.41. The number of benzene rings is 2. The lowest BCUT2D eigenvalue weighted by atomic mass is 10.1. The zero-order chi connectivity index (χ0) is 19.7. The number of urea groups is 1. The molecule has 0 atom stereocenters. The maximum absolute atomic E-state index is 13.1. The van der Waals surface area contributed by atoms with Gasteiger partial charge in [0.15, 0.2) is 0 Å². The Kier molecular flexibility index (Phi) is 4.65. The third kappa shape index (κ3) is 3.38. The van der Waals surface area contributed by atoms with Crippen molar-refractivity contribution in [2.75, 3.05) is 22.9 Å². The monoisotopic (exact) mass is 379 g/mol. The molecule has 4 rings (SSSR count). The van der Waals surface area contributed by atoms with Crippen LogP contribution in [-0.4, -0.2) is 30.9 Å². The number of barbiturate groups is 1. The number of hydrogen-bond acceptors (Lipinski definition) is 4. The lowest BCUT2D eigenvalue weighted by Crippen LogP contribution is -2.54. The average molecular weight is 379 g/mol. The molecule has 0 saturated carbocycles. The Morgan fingerprint density at radius 3 is 2.11 bits per heavy atom. The summed E-state index contributed by atoms with van der Waals surface area (Å²) in [5, 5.41) is 2.16.